The van der Waals surface area contributed by atoms with E-state index in [1.807, 2.05) is 52.0 Å². The number of hydrogen-bond donors (Lipinski definition) is 2. The molecule has 1 heterocycles. The second-order valence-corrected chi connectivity index (χ2v) is 6.29. The molecule has 0 radical (unpaired) electrons. The maximum atomic E-state index is 12.4. The summed E-state index contributed by atoms with van der Waals surface area (Å²) in [7, 11) is 0. The Hall–Kier alpha value is -1.55. The predicted molar refractivity (Wildman–Crippen MR) is 84.4 cm³/mol. The van der Waals surface area contributed by atoms with Crippen molar-refractivity contribution in [1.82, 2.24) is 10.6 Å². The van der Waals surface area contributed by atoms with Crippen LogP contribution >= 0.6 is 0 Å². The van der Waals surface area contributed by atoms with Crippen LogP contribution in [0.2, 0.25) is 0 Å². The van der Waals surface area contributed by atoms with Gasteiger partial charge in [-0.2, -0.15) is 0 Å². The highest BCUT2D eigenvalue weighted by molar-refractivity contribution is 5.86. The van der Waals surface area contributed by atoms with E-state index >= 15 is 0 Å². The minimum atomic E-state index is -0.422. The maximum Gasteiger partial charge on any atom is 0.240 e. The fourth-order valence-corrected chi connectivity index (χ4v) is 2.63. The van der Waals surface area contributed by atoms with Crippen molar-refractivity contribution in [2.24, 2.45) is 0 Å². The molecule has 1 fully saturated rings. The summed E-state index contributed by atoms with van der Waals surface area (Å²) in [6.45, 7) is 8.91. The Bertz CT molecular complexity index is 476. The molecule has 2 unspecified atom stereocenters. The summed E-state index contributed by atoms with van der Waals surface area (Å²) in [6.07, 6.45) is 2.12. The lowest BCUT2D eigenvalue weighted by Gasteiger charge is -2.26. The number of benzene rings is 1. The molecule has 1 aromatic carbocycles. The summed E-state index contributed by atoms with van der Waals surface area (Å²) in [5, 5.41) is 6.38. The third-order valence-electron chi connectivity index (χ3n) is 3.97. The number of nitrogens with one attached hydrogen (secondary N) is 2. The minimum Gasteiger partial charge on any atom is -0.491 e. The third kappa shape index (κ3) is 3.97. The number of carbonyl (C=O) groups is 1. The number of rotatable bonds is 5. The van der Waals surface area contributed by atoms with Crippen LogP contribution in [0.5, 0.6) is 5.75 Å². The lowest BCUT2D eigenvalue weighted by molar-refractivity contribution is -0.127. The Balaban J connectivity index is 1.96. The van der Waals surface area contributed by atoms with Gasteiger partial charge >= 0.3 is 0 Å². The van der Waals surface area contributed by atoms with E-state index in [0.29, 0.717) is 0 Å². The quantitative estimate of drug-likeness (QED) is 0.876. The highest BCUT2D eigenvalue weighted by Crippen LogP contribution is 2.22. The molecular weight excluding hydrogens is 264 g/mol. The van der Waals surface area contributed by atoms with Crippen LogP contribution in [0.1, 0.15) is 52.1 Å². The smallest absolute Gasteiger partial charge is 0.240 e. The average Bonchev–Trinajstić information content (AvgIpc) is 2.87. The normalized spacial score (nSPS) is 23.1. The Labute approximate surface area is 127 Å². The first-order valence-electron chi connectivity index (χ1n) is 7.73. The molecule has 0 spiro atoms. The number of amides is 1. The molecular formula is C17H26N2O2. The molecule has 4 heteroatoms. The second-order valence-electron chi connectivity index (χ2n) is 6.29. The summed E-state index contributed by atoms with van der Waals surface area (Å²) in [4.78, 5) is 12.4. The predicted octanol–water partition coefficient (Wildman–Crippen LogP) is 2.79. The standard InChI is InChI=1S/C17H26N2O2/c1-12(2)21-15-8-6-14(7-9-15)13(3)19-16(20)17(4)10-5-11-18-17/h6-9,12-13,18H,5,10-11H2,1-4H3,(H,19,20). The summed E-state index contributed by atoms with van der Waals surface area (Å²) >= 11 is 0. The van der Waals surface area contributed by atoms with Gasteiger partial charge in [-0.05, 0) is 64.8 Å². The zero-order chi connectivity index (χ0) is 15.5. The lowest BCUT2D eigenvalue weighted by Crippen LogP contribution is -2.51. The Morgan fingerprint density at radius 1 is 1.29 bits per heavy atom. The molecule has 1 aromatic rings. The van der Waals surface area contributed by atoms with Gasteiger partial charge in [-0.15, -0.1) is 0 Å². The largest absolute Gasteiger partial charge is 0.491 e. The summed E-state index contributed by atoms with van der Waals surface area (Å²) < 4.78 is 5.63. The molecule has 4 nitrogen and oxygen atoms in total. The van der Waals surface area contributed by atoms with E-state index in [1.54, 1.807) is 0 Å². The van der Waals surface area contributed by atoms with Gasteiger partial charge in [-0.25, -0.2) is 0 Å². The van der Waals surface area contributed by atoms with Gasteiger partial charge in [0.1, 0.15) is 5.75 Å². The van der Waals surface area contributed by atoms with E-state index in [1.165, 1.54) is 0 Å². The molecule has 2 rings (SSSR count). The van der Waals surface area contributed by atoms with Crippen LogP contribution in [0.4, 0.5) is 0 Å². The third-order valence-corrected chi connectivity index (χ3v) is 3.97. The van der Waals surface area contributed by atoms with Crippen molar-refractivity contribution in [3.05, 3.63) is 29.8 Å². The Kier molecular flexibility index (Phi) is 4.88. The van der Waals surface area contributed by atoms with E-state index in [9.17, 15) is 4.79 Å². The first-order chi connectivity index (χ1) is 9.90. The topological polar surface area (TPSA) is 50.4 Å². The maximum absolute atomic E-state index is 12.4. The molecule has 1 aliphatic heterocycles. The van der Waals surface area contributed by atoms with Crippen molar-refractivity contribution in [3.63, 3.8) is 0 Å². The molecule has 116 valence electrons. The van der Waals surface area contributed by atoms with Gasteiger partial charge in [0.05, 0.1) is 17.7 Å². The van der Waals surface area contributed by atoms with Gasteiger partial charge in [0.15, 0.2) is 0 Å². The fraction of sp³-hybridized carbons (Fsp3) is 0.588. The SMILES string of the molecule is CC(C)Oc1ccc(C(C)NC(=O)C2(C)CCCN2)cc1. The van der Waals surface area contributed by atoms with Gasteiger partial charge in [-0.3, -0.25) is 4.79 Å². The molecule has 0 aliphatic carbocycles. The van der Waals surface area contributed by atoms with E-state index in [2.05, 4.69) is 10.6 Å². The molecule has 2 atom stereocenters. The zero-order valence-electron chi connectivity index (χ0n) is 13.4. The number of ether oxygens (including phenoxy) is 1. The molecule has 0 aromatic heterocycles. The summed E-state index contributed by atoms with van der Waals surface area (Å²) in [5.74, 6) is 0.937. The summed E-state index contributed by atoms with van der Waals surface area (Å²) in [5.41, 5.74) is 0.663. The van der Waals surface area contributed by atoms with E-state index in [4.69, 9.17) is 4.74 Å². The van der Waals surface area contributed by atoms with Crippen molar-refractivity contribution < 1.29 is 9.53 Å². The van der Waals surface area contributed by atoms with Crippen LogP contribution in [0, 0.1) is 0 Å². The Morgan fingerprint density at radius 2 is 1.95 bits per heavy atom. The van der Waals surface area contributed by atoms with Crippen LogP contribution in [0.3, 0.4) is 0 Å². The number of carbonyl (C=O) groups excluding carboxylic acids is 1. The summed E-state index contributed by atoms with van der Waals surface area (Å²) in [6, 6.07) is 7.91. The van der Waals surface area contributed by atoms with Crippen LogP contribution < -0.4 is 15.4 Å². The molecule has 21 heavy (non-hydrogen) atoms. The molecule has 1 saturated heterocycles. The van der Waals surface area contributed by atoms with Gasteiger partial charge in [0.25, 0.3) is 0 Å². The van der Waals surface area contributed by atoms with Crippen molar-refractivity contribution in [1.29, 1.82) is 0 Å². The molecule has 2 N–H and O–H groups in total. The van der Waals surface area contributed by atoms with Crippen molar-refractivity contribution in [3.8, 4) is 5.75 Å². The van der Waals surface area contributed by atoms with Gasteiger partial charge < -0.3 is 15.4 Å². The monoisotopic (exact) mass is 290 g/mol. The van der Waals surface area contributed by atoms with Gasteiger partial charge in [0.2, 0.25) is 5.91 Å². The second kappa shape index (κ2) is 6.48. The molecule has 0 saturated carbocycles. The fourth-order valence-electron chi connectivity index (χ4n) is 2.63. The first kappa shape index (κ1) is 15.8. The molecule has 0 bridgehead atoms. The van der Waals surface area contributed by atoms with Gasteiger partial charge in [0, 0.05) is 0 Å². The lowest BCUT2D eigenvalue weighted by atomic mass is 9.98. The van der Waals surface area contributed by atoms with Crippen LogP contribution in [-0.2, 0) is 4.79 Å². The first-order valence-corrected chi connectivity index (χ1v) is 7.73. The highest BCUT2D eigenvalue weighted by Gasteiger charge is 2.36. The molecule has 1 aliphatic rings. The zero-order valence-corrected chi connectivity index (χ0v) is 13.4. The van der Waals surface area contributed by atoms with Crippen molar-refractivity contribution >= 4 is 5.91 Å². The Morgan fingerprint density at radius 3 is 2.48 bits per heavy atom. The molecule has 1 amide bonds. The van der Waals surface area contributed by atoms with Crippen LogP contribution in [0.25, 0.3) is 0 Å². The average molecular weight is 290 g/mol. The van der Waals surface area contributed by atoms with Gasteiger partial charge in [-0.1, -0.05) is 12.1 Å². The number of hydrogen-bond acceptors (Lipinski definition) is 3. The van der Waals surface area contributed by atoms with Crippen LogP contribution in [0.15, 0.2) is 24.3 Å². The van der Waals surface area contributed by atoms with E-state index < -0.39 is 5.54 Å². The van der Waals surface area contributed by atoms with Crippen molar-refractivity contribution in [2.75, 3.05) is 6.54 Å². The van der Waals surface area contributed by atoms with E-state index in [0.717, 1.165) is 30.7 Å². The van der Waals surface area contributed by atoms with Crippen LogP contribution in [-0.4, -0.2) is 24.1 Å². The highest BCUT2D eigenvalue weighted by atomic mass is 16.5. The van der Waals surface area contributed by atoms with E-state index in [-0.39, 0.29) is 18.1 Å². The minimum absolute atomic E-state index is 0.00942. The van der Waals surface area contributed by atoms with Crippen molar-refractivity contribution in [2.45, 2.75) is 58.2 Å².